The number of halogens is 2. The first-order valence-electron chi connectivity index (χ1n) is 11.0. The lowest BCUT2D eigenvalue weighted by Gasteiger charge is -2.38. The van der Waals surface area contributed by atoms with Gasteiger partial charge in [0, 0.05) is 37.0 Å². The van der Waals surface area contributed by atoms with Crippen molar-refractivity contribution in [2.45, 2.75) is 43.9 Å². The van der Waals surface area contributed by atoms with Gasteiger partial charge in [0.1, 0.15) is 23.4 Å². The second kappa shape index (κ2) is 9.89. The first-order valence-corrected chi connectivity index (χ1v) is 11.3. The number of rotatable bonds is 6. The van der Waals surface area contributed by atoms with Gasteiger partial charge >= 0.3 is 6.03 Å². The zero-order chi connectivity index (χ0) is 24.4. The molecule has 180 valence electrons. The largest absolute Gasteiger partial charge is 0.490 e. The highest BCUT2D eigenvalue weighted by Crippen LogP contribution is 2.37. The van der Waals surface area contributed by atoms with E-state index in [4.69, 9.17) is 26.8 Å². The fourth-order valence-corrected chi connectivity index (χ4v) is 4.80. The van der Waals surface area contributed by atoms with Crippen molar-refractivity contribution >= 4 is 29.4 Å². The molecule has 1 unspecified atom stereocenters. The maximum absolute atomic E-state index is 13.1. The van der Waals surface area contributed by atoms with Crippen LogP contribution in [0.1, 0.15) is 36.0 Å². The molecule has 2 aliphatic heterocycles. The number of urea groups is 1. The Morgan fingerprint density at radius 2 is 1.76 bits per heavy atom. The van der Waals surface area contributed by atoms with Crippen LogP contribution in [-0.4, -0.2) is 59.5 Å². The number of primary amides is 1. The molecule has 2 saturated heterocycles. The lowest BCUT2D eigenvalue weighted by molar-refractivity contribution is -0.139. The third-order valence-electron chi connectivity index (χ3n) is 6.25. The summed E-state index contributed by atoms with van der Waals surface area (Å²) < 4.78 is 24.9. The predicted molar refractivity (Wildman–Crippen MR) is 122 cm³/mol. The van der Waals surface area contributed by atoms with E-state index in [0.717, 1.165) is 17.7 Å². The Morgan fingerprint density at radius 1 is 1.12 bits per heavy atom. The van der Waals surface area contributed by atoms with Crippen molar-refractivity contribution in [1.29, 1.82) is 0 Å². The summed E-state index contributed by atoms with van der Waals surface area (Å²) in [5.74, 6) is -0.451. The first kappa shape index (κ1) is 23.8. The number of ether oxygens (including phenoxy) is 2. The molecule has 2 aromatic rings. The second-order valence-corrected chi connectivity index (χ2v) is 8.92. The van der Waals surface area contributed by atoms with E-state index in [1.165, 1.54) is 37.4 Å². The number of carbonyl (C=O) groups excluding carboxylic acids is 3. The molecule has 0 aromatic heterocycles. The second-order valence-electron chi connectivity index (χ2n) is 8.48. The quantitative estimate of drug-likeness (QED) is 0.667. The van der Waals surface area contributed by atoms with Crippen molar-refractivity contribution in [2.24, 2.45) is 5.73 Å². The van der Waals surface area contributed by atoms with E-state index in [1.54, 1.807) is 12.1 Å². The molecule has 2 aliphatic rings. The molecular formula is C24H25ClFN3O5. The minimum Gasteiger partial charge on any atom is -0.490 e. The van der Waals surface area contributed by atoms with Gasteiger partial charge in [-0.05, 0) is 55.3 Å². The van der Waals surface area contributed by atoms with Crippen LogP contribution >= 0.6 is 11.6 Å². The maximum Gasteiger partial charge on any atom is 0.321 e. The summed E-state index contributed by atoms with van der Waals surface area (Å²) in [6.07, 6.45) is 3.03. The molecule has 8 nitrogen and oxygen atoms in total. The van der Waals surface area contributed by atoms with Crippen LogP contribution in [-0.2, 0) is 4.79 Å². The van der Waals surface area contributed by atoms with Crippen molar-refractivity contribution in [3.8, 4) is 11.5 Å². The third-order valence-corrected chi connectivity index (χ3v) is 6.49. The number of imide groups is 1. The van der Waals surface area contributed by atoms with Gasteiger partial charge in [-0.1, -0.05) is 11.6 Å². The van der Waals surface area contributed by atoms with Crippen LogP contribution < -0.4 is 15.2 Å². The van der Waals surface area contributed by atoms with Crippen molar-refractivity contribution < 1.29 is 28.2 Å². The highest BCUT2D eigenvalue weighted by molar-refractivity contribution is 6.31. The third kappa shape index (κ3) is 5.09. The van der Waals surface area contributed by atoms with Crippen molar-refractivity contribution in [3.63, 3.8) is 0 Å². The van der Waals surface area contributed by atoms with E-state index in [-0.39, 0.29) is 52.9 Å². The number of nitrogens with two attached hydrogens (primary N) is 1. The first-order chi connectivity index (χ1) is 16.2. The summed E-state index contributed by atoms with van der Waals surface area (Å²) in [6.45, 7) is -0.265. The highest BCUT2D eigenvalue weighted by atomic mass is 35.5. The van der Waals surface area contributed by atoms with Gasteiger partial charge in [0.05, 0.1) is 5.56 Å². The molecule has 0 saturated carbocycles. The summed E-state index contributed by atoms with van der Waals surface area (Å²) in [5, 5.41) is 0.279. The van der Waals surface area contributed by atoms with E-state index >= 15 is 0 Å². The zero-order valence-corrected chi connectivity index (χ0v) is 19.3. The summed E-state index contributed by atoms with van der Waals surface area (Å²) in [5.41, 5.74) is 5.23. The van der Waals surface area contributed by atoms with E-state index in [0.29, 0.717) is 18.6 Å². The normalized spacial score (nSPS) is 21.1. The standard InChI is InChI=1S/C24H25ClFN3O5/c1-28(24(27)32)23(31)20-10-14(25)2-9-21(20)33-13-22(30)29-16-5-6-17(29)12-19(11-16)34-18-7-3-15(26)4-8-18/h2-4,7-10,16-17,19H,5-6,11-13H2,1H3,(H2,27,32)/t16-,17+,19?. The Bertz CT molecular complexity index is 1080. The summed E-state index contributed by atoms with van der Waals surface area (Å²) in [4.78, 5) is 39.6. The fraction of sp³-hybridized carbons (Fsp3) is 0.375. The topological polar surface area (TPSA) is 102 Å². The van der Waals surface area contributed by atoms with Crippen molar-refractivity contribution in [3.05, 3.63) is 58.9 Å². The molecule has 2 fully saturated rings. The van der Waals surface area contributed by atoms with Gasteiger partial charge in [-0.15, -0.1) is 0 Å². The summed E-state index contributed by atoms with van der Waals surface area (Å²) in [7, 11) is 1.25. The molecule has 4 amide bonds. The SMILES string of the molecule is CN(C(N)=O)C(=O)c1cc(Cl)ccc1OCC(=O)N1[C@@H]2CC[C@H]1CC(Oc1ccc(F)cc1)C2. The number of hydrogen-bond acceptors (Lipinski definition) is 5. The number of amides is 4. The van der Waals surface area contributed by atoms with Gasteiger partial charge in [-0.3, -0.25) is 14.5 Å². The average Bonchev–Trinajstić information content (AvgIpc) is 3.08. The van der Waals surface area contributed by atoms with Crippen LogP contribution in [0, 0.1) is 5.82 Å². The number of piperidine rings is 1. The van der Waals surface area contributed by atoms with Gasteiger partial charge in [0.15, 0.2) is 6.61 Å². The van der Waals surface area contributed by atoms with E-state index in [2.05, 4.69) is 0 Å². The van der Waals surface area contributed by atoms with Crippen LogP contribution in [0.5, 0.6) is 11.5 Å². The van der Waals surface area contributed by atoms with E-state index in [9.17, 15) is 18.8 Å². The maximum atomic E-state index is 13.1. The minimum absolute atomic E-state index is 0.0209. The Balaban J connectivity index is 1.39. The number of nitrogens with zero attached hydrogens (tertiary/aromatic N) is 2. The van der Waals surface area contributed by atoms with E-state index in [1.807, 2.05) is 4.90 Å². The summed E-state index contributed by atoms with van der Waals surface area (Å²) in [6, 6.07) is 9.42. The van der Waals surface area contributed by atoms with Gasteiger partial charge in [-0.25, -0.2) is 9.18 Å². The Hall–Kier alpha value is -3.33. The molecule has 0 radical (unpaired) electrons. The van der Waals surface area contributed by atoms with Crippen LogP contribution in [0.4, 0.5) is 9.18 Å². The number of fused-ring (bicyclic) bond motifs is 2. The van der Waals surface area contributed by atoms with Gasteiger partial charge in [0.25, 0.3) is 11.8 Å². The Labute approximate surface area is 201 Å². The lowest BCUT2D eigenvalue weighted by atomic mass is 9.99. The van der Waals surface area contributed by atoms with Crippen LogP contribution in [0.2, 0.25) is 5.02 Å². The van der Waals surface area contributed by atoms with Gasteiger partial charge < -0.3 is 20.1 Å². The molecule has 2 aromatic carbocycles. The molecular weight excluding hydrogens is 465 g/mol. The smallest absolute Gasteiger partial charge is 0.321 e. The molecule has 2 heterocycles. The number of benzene rings is 2. The number of carbonyl (C=O) groups is 3. The Kier molecular flexibility index (Phi) is 6.92. The van der Waals surface area contributed by atoms with Crippen molar-refractivity contribution in [2.75, 3.05) is 13.7 Å². The van der Waals surface area contributed by atoms with Gasteiger partial charge in [-0.2, -0.15) is 0 Å². The van der Waals surface area contributed by atoms with Crippen LogP contribution in [0.25, 0.3) is 0 Å². The molecule has 3 atom stereocenters. The predicted octanol–water partition coefficient (Wildman–Crippen LogP) is 3.61. The van der Waals surface area contributed by atoms with Crippen LogP contribution in [0.15, 0.2) is 42.5 Å². The van der Waals surface area contributed by atoms with Crippen molar-refractivity contribution in [1.82, 2.24) is 9.80 Å². The van der Waals surface area contributed by atoms with E-state index < -0.39 is 11.9 Å². The average molecular weight is 490 g/mol. The molecule has 34 heavy (non-hydrogen) atoms. The fourth-order valence-electron chi connectivity index (χ4n) is 4.63. The molecule has 2 N–H and O–H groups in total. The zero-order valence-electron chi connectivity index (χ0n) is 18.6. The molecule has 4 rings (SSSR count). The molecule has 2 bridgehead atoms. The molecule has 0 aliphatic carbocycles. The molecule has 0 spiro atoms. The highest BCUT2D eigenvalue weighted by Gasteiger charge is 2.44. The Morgan fingerprint density at radius 3 is 2.38 bits per heavy atom. The minimum atomic E-state index is -0.922. The lowest BCUT2D eigenvalue weighted by Crippen LogP contribution is -2.50. The molecule has 10 heteroatoms. The monoisotopic (exact) mass is 489 g/mol. The van der Waals surface area contributed by atoms with Gasteiger partial charge in [0.2, 0.25) is 0 Å². The van der Waals surface area contributed by atoms with Crippen LogP contribution in [0.3, 0.4) is 0 Å². The summed E-state index contributed by atoms with van der Waals surface area (Å²) >= 11 is 6.01. The number of hydrogen-bond donors (Lipinski definition) is 1.